The summed E-state index contributed by atoms with van der Waals surface area (Å²) < 4.78 is 0. The van der Waals surface area contributed by atoms with Crippen LogP contribution in [0.2, 0.25) is 0 Å². The van der Waals surface area contributed by atoms with Crippen LogP contribution >= 0.6 is 0 Å². The Balaban J connectivity index is 2.32. The summed E-state index contributed by atoms with van der Waals surface area (Å²) in [7, 11) is 0. The third kappa shape index (κ3) is 5.49. The molecule has 0 aromatic carbocycles. The normalized spacial score (nSPS) is 24.5. The van der Waals surface area contributed by atoms with Crippen molar-refractivity contribution < 1.29 is 14.7 Å². The molecular weight excluding hydrogens is 244 g/mol. The SMILES string of the molecule is CCC[C@H](NC(=O)NC1CCC(CC)CC1)C(=O)O. The number of aliphatic carboxylic acids is 1. The molecule has 19 heavy (non-hydrogen) atoms. The number of nitrogens with one attached hydrogen (secondary N) is 2. The highest BCUT2D eigenvalue weighted by Crippen LogP contribution is 2.26. The van der Waals surface area contributed by atoms with Crippen molar-refractivity contribution in [2.45, 2.75) is 70.9 Å². The van der Waals surface area contributed by atoms with Gasteiger partial charge >= 0.3 is 12.0 Å². The van der Waals surface area contributed by atoms with Gasteiger partial charge in [-0.25, -0.2) is 9.59 Å². The number of urea groups is 1. The number of carbonyl (C=O) groups excluding carboxylic acids is 1. The maximum Gasteiger partial charge on any atom is 0.326 e. The monoisotopic (exact) mass is 270 g/mol. The van der Waals surface area contributed by atoms with Crippen LogP contribution < -0.4 is 10.6 Å². The third-order valence-electron chi connectivity index (χ3n) is 3.94. The first-order valence-electron chi connectivity index (χ1n) is 7.36. The second-order valence-electron chi connectivity index (χ2n) is 5.42. The van der Waals surface area contributed by atoms with Gasteiger partial charge in [0.15, 0.2) is 0 Å². The molecule has 1 saturated carbocycles. The molecule has 5 nitrogen and oxygen atoms in total. The Morgan fingerprint density at radius 3 is 2.32 bits per heavy atom. The Labute approximate surface area is 115 Å². The van der Waals surface area contributed by atoms with Gasteiger partial charge in [0.05, 0.1) is 0 Å². The summed E-state index contributed by atoms with van der Waals surface area (Å²) in [5, 5.41) is 14.4. The van der Waals surface area contributed by atoms with E-state index in [0.29, 0.717) is 6.42 Å². The average Bonchev–Trinajstić information content (AvgIpc) is 2.39. The highest BCUT2D eigenvalue weighted by molar-refractivity contribution is 5.82. The lowest BCUT2D eigenvalue weighted by Crippen LogP contribution is -2.49. The second-order valence-corrected chi connectivity index (χ2v) is 5.42. The Kier molecular flexibility index (Phi) is 6.67. The minimum atomic E-state index is -0.966. The second kappa shape index (κ2) is 8.02. The van der Waals surface area contributed by atoms with Crippen molar-refractivity contribution in [1.29, 1.82) is 0 Å². The Morgan fingerprint density at radius 1 is 1.21 bits per heavy atom. The van der Waals surface area contributed by atoms with Crippen molar-refractivity contribution in [2.75, 3.05) is 0 Å². The van der Waals surface area contributed by atoms with E-state index in [9.17, 15) is 9.59 Å². The smallest absolute Gasteiger partial charge is 0.326 e. The number of hydrogen-bond donors (Lipinski definition) is 3. The molecule has 0 aromatic heterocycles. The molecule has 2 amide bonds. The van der Waals surface area contributed by atoms with E-state index in [1.807, 2.05) is 6.92 Å². The quantitative estimate of drug-likeness (QED) is 0.694. The van der Waals surface area contributed by atoms with Crippen LogP contribution in [0.4, 0.5) is 4.79 Å². The number of carboxylic acids is 1. The van der Waals surface area contributed by atoms with Crippen molar-refractivity contribution in [2.24, 2.45) is 5.92 Å². The first kappa shape index (κ1) is 15.8. The molecule has 0 saturated heterocycles. The van der Waals surface area contributed by atoms with Crippen molar-refractivity contribution in [3.8, 4) is 0 Å². The minimum Gasteiger partial charge on any atom is -0.480 e. The molecule has 1 aliphatic carbocycles. The largest absolute Gasteiger partial charge is 0.480 e. The Hall–Kier alpha value is -1.26. The maximum atomic E-state index is 11.8. The molecule has 1 aliphatic rings. The highest BCUT2D eigenvalue weighted by atomic mass is 16.4. The lowest BCUT2D eigenvalue weighted by Gasteiger charge is -2.28. The molecule has 0 aliphatic heterocycles. The average molecular weight is 270 g/mol. The van der Waals surface area contributed by atoms with Crippen LogP contribution in [0.3, 0.4) is 0 Å². The predicted octanol–water partition coefficient (Wildman–Crippen LogP) is 2.51. The lowest BCUT2D eigenvalue weighted by atomic mass is 9.85. The third-order valence-corrected chi connectivity index (χ3v) is 3.94. The molecule has 1 rings (SSSR count). The van der Waals surface area contributed by atoms with E-state index in [1.54, 1.807) is 0 Å². The number of rotatable bonds is 6. The van der Waals surface area contributed by atoms with Gasteiger partial charge in [-0.2, -0.15) is 0 Å². The van der Waals surface area contributed by atoms with Crippen LogP contribution in [-0.2, 0) is 4.79 Å². The van der Waals surface area contributed by atoms with Gasteiger partial charge in [0.25, 0.3) is 0 Å². The highest BCUT2D eigenvalue weighted by Gasteiger charge is 2.23. The van der Waals surface area contributed by atoms with Crippen molar-refractivity contribution >= 4 is 12.0 Å². The summed E-state index contributed by atoms with van der Waals surface area (Å²) in [5.74, 6) is -0.181. The van der Waals surface area contributed by atoms with E-state index < -0.39 is 12.0 Å². The first-order chi connectivity index (χ1) is 9.06. The van der Waals surface area contributed by atoms with Gasteiger partial charge in [0.2, 0.25) is 0 Å². The molecular formula is C14H26N2O3. The molecule has 0 heterocycles. The number of carbonyl (C=O) groups is 2. The van der Waals surface area contributed by atoms with Gasteiger partial charge in [0.1, 0.15) is 6.04 Å². The van der Waals surface area contributed by atoms with Gasteiger partial charge in [0, 0.05) is 6.04 Å². The molecule has 5 heteroatoms. The fraction of sp³-hybridized carbons (Fsp3) is 0.857. The van der Waals surface area contributed by atoms with Crippen molar-refractivity contribution in [3.05, 3.63) is 0 Å². The summed E-state index contributed by atoms with van der Waals surface area (Å²) in [6, 6.07) is -0.934. The van der Waals surface area contributed by atoms with E-state index in [1.165, 1.54) is 6.42 Å². The molecule has 3 N–H and O–H groups in total. The molecule has 0 aromatic rings. The molecule has 1 atom stereocenters. The molecule has 0 radical (unpaired) electrons. The summed E-state index contributed by atoms with van der Waals surface area (Å²) in [5.41, 5.74) is 0. The van der Waals surface area contributed by atoms with E-state index in [2.05, 4.69) is 17.6 Å². The molecule has 1 fully saturated rings. The van der Waals surface area contributed by atoms with E-state index in [0.717, 1.165) is 38.0 Å². The maximum absolute atomic E-state index is 11.8. The zero-order chi connectivity index (χ0) is 14.3. The van der Waals surface area contributed by atoms with Gasteiger partial charge in [-0.1, -0.05) is 26.7 Å². The van der Waals surface area contributed by atoms with Gasteiger partial charge in [-0.3, -0.25) is 0 Å². The van der Waals surface area contributed by atoms with Gasteiger partial charge < -0.3 is 15.7 Å². The zero-order valence-electron chi connectivity index (χ0n) is 11.9. The lowest BCUT2D eigenvalue weighted by molar-refractivity contribution is -0.139. The molecule has 0 unspecified atom stereocenters. The van der Waals surface area contributed by atoms with Crippen LogP contribution in [0.1, 0.15) is 58.8 Å². The molecule has 0 bridgehead atoms. The summed E-state index contributed by atoms with van der Waals surface area (Å²) in [4.78, 5) is 22.7. The predicted molar refractivity (Wildman–Crippen MR) is 74.0 cm³/mol. The standard InChI is InChI=1S/C14H26N2O3/c1-3-5-12(13(17)18)16-14(19)15-11-8-6-10(4-2)7-9-11/h10-12H,3-9H2,1-2H3,(H,17,18)(H2,15,16,19)/t10?,11?,12-/m0/s1. The van der Waals surface area contributed by atoms with E-state index in [-0.39, 0.29) is 12.1 Å². The summed E-state index contributed by atoms with van der Waals surface area (Å²) in [6.07, 6.45) is 6.70. The zero-order valence-corrected chi connectivity index (χ0v) is 11.9. The van der Waals surface area contributed by atoms with Gasteiger partial charge in [-0.05, 0) is 38.0 Å². The molecule has 0 spiro atoms. The van der Waals surface area contributed by atoms with Crippen LogP contribution in [0.5, 0.6) is 0 Å². The van der Waals surface area contributed by atoms with E-state index >= 15 is 0 Å². The van der Waals surface area contributed by atoms with Crippen molar-refractivity contribution in [3.63, 3.8) is 0 Å². The summed E-state index contributed by atoms with van der Waals surface area (Å²) in [6.45, 7) is 4.11. The molecule has 110 valence electrons. The number of amides is 2. The van der Waals surface area contributed by atoms with Crippen molar-refractivity contribution in [1.82, 2.24) is 10.6 Å². The van der Waals surface area contributed by atoms with Crippen LogP contribution in [-0.4, -0.2) is 29.2 Å². The minimum absolute atomic E-state index is 0.193. The number of carboxylic acid groups (broad SMARTS) is 1. The van der Waals surface area contributed by atoms with Crippen LogP contribution in [0.15, 0.2) is 0 Å². The van der Waals surface area contributed by atoms with Crippen LogP contribution in [0, 0.1) is 5.92 Å². The topological polar surface area (TPSA) is 78.4 Å². The Morgan fingerprint density at radius 2 is 1.84 bits per heavy atom. The summed E-state index contributed by atoms with van der Waals surface area (Å²) >= 11 is 0. The Bertz CT molecular complexity index is 299. The van der Waals surface area contributed by atoms with E-state index in [4.69, 9.17) is 5.11 Å². The van der Waals surface area contributed by atoms with Gasteiger partial charge in [-0.15, -0.1) is 0 Å². The van der Waals surface area contributed by atoms with Crippen LogP contribution in [0.25, 0.3) is 0 Å². The fourth-order valence-corrected chi connectivity index (χ4v) is 2.65. The fourth-order valence-electron chi connectivity index (χ4n) is 2.65. The first-order valence-corrected chi connectivity index (χ1v) is 7.36. The number of hydrogen-bond acceptors (Lipinski definition) is 2.